The Kier molecular flexibility index (Phi) is 2.96. The highest BCUT2D eigenvalue weighted by Crippen LogP contribution is 2.28. The number of carbonyl (C=O) groups is 3. The van der Waals surface area contributed by atoms with Crippen LogP contribution >= 0.6 is 0 Å². The molecule has 1 aliphatic heterocycles. The summed E-state index contributed by atoms with van der Waals surface area (Å²) in [5, 5.41) is 8.74. The Morgan fingerprint density at radius 3 is 2.32 bits per heavy atom. The minimum Gasteiger partial charge on any atom is -0.398 e. The molecule has 1 aliphatic rings. The van der Waals surface area contributed by atoms with Crippen molar-refractivity contribution in [3.05, 3.63) is 64.7 Å². The zero-order valence-corrected chi connectivity index (χ0v) is 11.2. The highest BCUT2D eigenvalue weighted by Gasteiger charge is 2.41. The fourth-order valence-corrected chi connectivity index (χ4v) is 2.31. The molecule has 0 spiro atoms. The van der Waals surface area contributed by atoms with Crippen molar-refractivity contribution in [3.8, 4) is 6.07 Å². The van der Waals surface area contributed by atoms with Crippen molar-refractivity contribution in [1.29, 1.82) is 5.26 Å². The molecule has 0 aliphatic carbocycles. The van der Waals surface area contributed by atoms with Gasteiger partial charge in [-0.1, -0.05) is 6.07 Å². The van der Waals surface area contributed by atoms with Crippen LogP contribution in [0, 0.1) is 11.3 Å². The zero-order chi connectivity index (χ0) is 15.9. The van der Waals surface area contributed by atoms with E-state index in [2.05, 4.69) is 0 Å². The Balaban J connectivity index is 2.01. The lowest BCUT2D eigenvalue weighted by Crippen LogP contribution is -2.36. The Morgan fingerprint density at radius 1 is 1.05 bits per heavy atom. The summed E-state index contributed by atoms with van der Waals surface area (Å²) in [6, 6.07) is 12.1. The molecule has 1 heterocycles. The standard InChI is InChI=1S/C16H9N3O3/c17-8-9-4-6-10(7-5-9)14(20)19-15(21)11-2-1-3-12(18)13(11)16(19)22/h1-7H,18H2. The second kappa shape index (κ2) is 4.82. The lowest BCUT2D eigenvalue weighted by atomic mass is 10.1. The molecule has 2 aromatic carbocycles. The fraction of sp³-hybridized carbons (Fsp3) is 0. The topological polar surface area (TPSA) is 104 Å². The predicted molar refractivity (Wildman–Crippen MR) is 76.8 cm³/mol. The van der Waals surface area contributed by atoms with Crippen molar-refractivity contribution in [1.82, 2.24) is 4.90 Å². The van der Waals surface area contributed by atoms with Crippen LogP contribution < -0.4 is 5.73 Å². The summed E-state index contributed by atoms with van der Waals surface area (Å²) in [5.41, 5.74) is 6.57. The van der Waals surface area contributed by atoms with Gasteiger partial charge in [0.15, 0.2) is 0 Å². The number of nitrogen functional groups attached to an aromatic ring is 1. The van der Waals surface area contributed by atoms with Gasteiger partial charge in [0.25, 0.3) is 17.7 Å². The average Bonchev–Trinajstić information content (AvgIpc) is 2.79. The first kappa shape index (κ1) is 13.5. The number of hydrogen-bond acceptors (Lipinski definition) is 5. The number of nitrogens with two attached hydrogens (primary N) is 1. The molecule has 0 bridgehead atoms. The molecule has 3 amide bonds. The predicted octanol–water partition coefficient (Wildman–Crippen LogP) is 1.58. The number of carbonyl (C=O) groups excluding carboxylic acids is 3. The molecule has 2 aromatic rings. The summed E-state index contributed by atoms with van der Waals surface area (Å²) < 4.78 is 0. The lowest BCUT2D eigenvalue weighted by Gasteiger charge is -2.11. The lowest BCUT2D eigenvalue weighted by molar-refractivity contribution is 0.0566. The van der Waals surface area contributed by atoms with Gasteiger partial charge in [-0.25, -0.2) is 4.90 Å². The van der Waals surface area contributed by atoms with Crippen molar-refractivity contribution in [2.24, 2.45) is 0 Å². The van der Waals surface area contributed by atoms with E-state index in [0.29, 0.717) is 10.5 Å². The molecule has 22 heavy (non-hydrogen) atoms. The van der Waals surface area contributed by atoms with Crippen LogP contribution in [0.4, 0.5) is 5.69 Å². The molecule has 106 valence electrons. The summed E-state index contributed by atoms with van der Waals surface area (Å²) in [6.07, 6.45) is 0. The third-order valence-electron chi connectivity index (χ3n) is 3.41. The van der Waals surface area contributed by atoms with E-state index in [1.54, 1.807) is 6.07 Å². The molecule has 6 heteroatoms. The molecular formula is C16H9N3O3. The van der Waals surface area contributed by atoms with Gasteiger partial charge in [-0.3, -0.25) is 14.4 Å². The van der Waals surface area contributed by atoms with Crippen LogP contribution in [-0.2, 0) is 0 Å². The average molecular weight is 291 g/mol. The molecule has 3 rings (SSSR count). The zero-order valence-electron chi connectivity index (χ0n) is 11.2. The first-order chi connectivity index (χ1) is 10.5. The maximum absolute atomic E-state index is 12.4. The van der Waals surface area contributed by atoms with Gasteiger partial charge in [-0.15, -0.1) is 0 Å². The number of imide groups is 3. The van der Waals surface area contributed by atoms with Gasteiger partial charge < -0.3 is 5.73 Å². The van der Waals surface area contributed by atoms with Crippen molar-refractivity contribution in [3.63, 3.8) is 0 Å². The summed E-state index contributed by atoms with van der Waals surface area (Å²) in [5.74, 6) is -2.16. The van der Waals surface area contributed by atoms with Gasteiger partial charge in [-0.2, -0.15) is 5.26 Å². The number of hydrogen-bond donors (Lipinski definition) is 1. The van der Waals surface area contributed by atoms with Gasteiger partial charge in [0.05, 0.1) is 22.8 Å². The molecule has 2 N–H and O–H groups in total. The monoisotopic (exact) mass is 291 g/mol. The largest absolute Gasteiger partial charge is 0.398 e. The van der Waals surface area contributed by atoms with E-state index in [0.717, 1.165) is 0 Å². The summed E-state index contributed by atoms with van der Waals surface area (Å²) in [4.78, 5) is 37.6. The molecular weight excluding hydrogens is 282 g/mol. The fourth-order valence-electron chi connectivity index (χ4n) is 2.31. The smallest absolute Gasteiger partial charge is 0.270 e. The second-order valence-electron chi connectivity index (χ2n) is 4.71. The van der Waals surface area contributed by atoms with Crippen LogP contribution in [0.1, 0.15) is 36.6 Å². The second-order valence-corrected chi connectivity index (χ2v) is 4.71. The van der Waals surface area contributed by atoms with Gasteiger partial charge in [0.1, 0.15) is 0 Å². The van der Waals surface area contributed by atoms with E-state index in [9.17, 15) is 14.4 Å². The maximum Gasteiger partial charge on any atom is 0.270 e. The molecule has 0 saturated carbocycles. The Hall–Kier alpha value is -3.46. The normalized spacial score (nSPS) is 13.0. The third kappa shape index (κ3) is 1.84. The van der Waals surface area contributed by atoms with Crippen LogP contribution in [0.3, 0.4) is 0 Å². The van der Waals surface area contributed by atoms with Gasteiger partial charge in [-0.05, 0) is 36.4 Å². The summed E-state index contributed by atoms with van der Waals surface area (Å²) in [6.45, 7) is 0. The Bertz CT molecular complexity index is 863. The van der Waals surface area contributed by atoms with E-state index >= 15 is 0 Å². The van der Waals surface area contributed by atoms with Crippen molar-refractivity contribution >= 4 is 23.4 Å². The van der Waals surface area contributed by atoms with E-state index in [-0.39, 0.29) is 22.4 Å². The van der Waals surface area contributed by atoms with Gasteiger partial charge in [0.2, 0.25) is 0 Å². The van der Waals surface area contributed by atoms with Crippen LogP contribution in [0.5, 0.6) is 0 Å². The van der Waals surface area contributed by atoms with Crippen LogP contribution in [0.2, 0.25) is 0 Å². The van der Waals surface area contributed by atoms with Crippen LogP contribution in [0.15, 0.2) is 42.5 Å². The quantitative estimate of drug-likeness (QED) is 0.634. The molecule has 0 aromatic heterocycles. The van der Waals surface area contributed by atoms with E-state index in [1.165, 1.54) is 36.4 Å². The van der Waals surface area contributed by atoms with E-state index in [1.807, 2.05) is 6.07 Å². The van der Waals surface area contributed by atoms with Crippen molar-refractivity contribution in [2.75, 3.05) is 5.73 Å². The van der Waals surface area contributed by atoms with Crippen LogP contribution in [0.25, 0.3) is 0 Å². The molecule has 0 saturated heterocycles. The molecule has 6 nitrogen and oxygen atoms in total. The number of fused-ring (bicyclic) bond motifs is 1. The minimum atomic E-state index is -0.741. The SMILES string of the molecule is N#Cc1ccc(C(=O)N2C(=O)c3cccc(N)c3C2=O)cc1. The summed E-state index contributed by atoms with van der Waals surface area (Å²) >= 11 is 0. The number of benzene rings is 2. The van der Waals surface area contributed by atoms with Crippen LogP contribution in [-0.4, -0.2) is 22.6 Å². The number of amides is 3. The Morgan fingerprint density at radius 2 is 1.73 bits per heavy atom. The van der Waals surface area contributed by atoms with Gasteiger partial charge in [0, 0.05) is 11.3 Å². The Labute approximate surface area is 125 Å². The number of rotatable bonds is 1. The van der Waals surface area contributed by atoms with Crippen molar-refractivity contribution in [2.45, 2.75) is 0 Å². The third-order valence-corrected chi connectivity index (χ3v) is 3.41. The molecule has 0 fully saturated rings. The number of nitrogens with zero attached hydrogens (tertiary/aromatic N) is 2. The highest BCUT2D eigenvalue weighted by molar-refractivity contribution is 6.32. The molecule has 0 atom stereocenters. The highest BCUT2D eigenvalue weighted by atomic mass is 16.2. The minimum absolute atomic E-state index is 0.0505. The molecule has 0 radical (unpaired) electrons. The van der Waals surface area contributed by atoms with E-state index < -0.39 is 17.7 Å². The first-order valence-corrected chi connectivity index (χ1v) is 6.36. The number of nitriles is 1. The first-order valence-electron chi connectivity index (χ1n) is 6.36. The number of anilines is 1. The molecule has 0 unspecified atom stereocenters. The van der Waals surface area contributed by atoms with Crippen molar-refractivity contribution < 1.29 is 14.4 Å². The summed E-state index contributed by atoms with van der Waals surface area (Å²) in [7, 11) is 0. The van der Waals surface area contributed by atoms with E-state index in [4.69, 9.17) is 11.0 Å². The maximum atomic E-state index is 12.4. The van der Waals surface area contributed by atoms with Gasteiger partial charge >= 0.3 is 0 Å².